The molecule has 7 heteroatoms. The Labute approximate surface area is 289 Å². The molecule has 1 amide bonds. The maximum absolute atomic E-state index is 13.0. The molecule has 7 nitrogen and oxygen atoms in total. The number of benzene rings is 2. The van der Waals surface area contributed by atoms with Crippen LogP contribution in [0.1, 0.15) is 139 Å². The van der Waals surface area contributed by atoms with Crippen molar-refractivity contribution in [1.82, 2.24) is 9.88 Å². The summed E-state index contributed by atoms with van der Waals surface area (Å²) in [4.78, 5) is 25.3. The molecule has 0 saturated carbocycles. The second kappa shape index (κ2) is 20.7. The number of carbonyl (C=O) groups is 2. The van der Waals surface area contributed by atoms with E-state index in [1.807, 2.05) is 24.3 Å². The minimum Gasteiger partial charge on any atom is -0.548 e. The van der Waals surface area contributed by atoms with E-state index in [1.165, 1.54) is 83.5 Å². The molecule has 3 aromatic rings. The van der Waals surface area contributed by atoms with Crippen molar-refractivity contribution in [3.8, 4) is 11.1 Å². The van der Waals surface area contributed by atoms with Crippen molar-refractivity contribution < 1.29 is 24.0 Å². The highest BCUT2D eigenvalue weighted by atomic mass is 16.5. The molecule has 1 aliphatic carbocycles. The maximum Gasteiger partial charge on any atom is 0.407 e. The highest BCUT2D eigenvalue weighted by Crippen LogP contribution is 2.44. The standard InChI is InChI=1S/C41H59N3O4/c1-3-5-7-9-11-13-15-21-27-43-30-33(44(32-43)28-22-16-14-12-10-8-6-4-2)29-39(40(45)46)42-41(47)48-31-38-36-25-19-17-23-34(36)35-24-18-20-26-37(35)38/h17-20,23-26,30,32,38-39H,3-16,21-22,27-29,31H2,1-2H3,(H-,42,45,46,47)/t39-/m0/s1. The number of nitrogens with zero attached hydrogens (tertiary/aromatic N) is 2. The van der Waals surface area contributed by atoms with Gasteiger partial charge in [0.15, 0.2) is 0 Å². The zero-order valence-electron chi connectivity index (χ0n) is 29.6. The molecule has 262 valence electrons. The van der Waals surface area contributed by atoms with Gasteiger partial charge in [0, 0.05) is 12.3 Å². The van der Waals surface area contributed by atoms with Crippen molar-refractivity contribution in [3.63, 3.8) is 0 Å². The Hall–Kier alpha value is -3.61. The SMILES string of the molecule is CCCCCCCCCCn1c[n+](CCCCCCCCCC)cc1C[C@H](NC(=O)OCC1c2ccccc2-c2ccccc21)C(=O)[O-]. The number of aryl methyl sites for hydroxylation is 2. The molecule has 1 aliphatic rings. The summed E-state index contributed by atoms with van der Waals surface area (Å²) in [6.45, 7) is 6.36. The van der Waals surface area contributed by atoms with Gasteiger partial charge in [-0.1, -0.05) is 139 Å². The first-order valence-electron chi connectivity index (χ1n) is 18.9. The number of rotatable bonds is 24. The van der Waals surface area contributed by atoms with Crippen molar-refractivity contribution in [3.05, 3.63) is 77.9 Å². The van der Waals surface area contributed by atoms with Gasteiger partial charge >= 0.3 is 6.09 Å². The third-order valence-corrected chi connectivity index (χ3v) is 9.83. The van der Waals surface area contributed by atoms with Crippen LogP contribution in [-0.2, 0) is 29.0 Å². The van der Waals surface area contributed by atoms with Crippen LogP contribution in [0.4, 0.5) is 4.79 Å². The highest BCUT2D eigenvalue weighted by molar-refractivity contribution is 5.80. The summed E-state index contributed by atoms with van der Waals surface area (Å²) in [5.74, 6) is -1.40. The van der Waals surface area contributed by atoms with Crippen molar-refractivity contribution in [2.45, 2.75) is 148 Å². The first-order valence-corrected chi connectivity index (χ1v) is 18.9. The Morgan fingerprint density at radius 2 is 1.29 bits per heavy atom. The topological polar surface area (TPSA) is 87.3 Å². The minimum atomic E-state index is -1.31. The monoisotopic (exact) mass is 657 g/mol. The molecule has 1 N–H and O–H groups in total. The third kappa shape index (κ3) is 11.5. The van der Waals surface area contributed by atoms with Crippen LogP contribution in [-0.4, -0.2) is 29.3 Å². The number of alkyl carbamates (subject to hydrolysis) is 1. The zero-order valence-corrected chi connectivity index (χ0v) is 29.6. The van der Waals surface area contributed by atoms with Gasteiger partial charge in [0.2, 0.25) is 6.33 Å². The van der Waals surface area contributed by atoms with Crippen LogP contribution < -0.4 is 15.0 Å². The summed E-state index contributed by atoms with van der Waals surface area (Å²) in [5, 5.41) is 14.9. The molecule has 0 aliphatic heterocycles. The van der Waals surface area contributed by atoms with Crippen LogP contribution in [0, 0.1) is 0 Å². The van der Waals surface area contributed by atoms with E-state index in [-0.39, 0.29) is 18.9 Å². The van der Waals surface area contributed by atoms with Crippen molar-refractivity contribution in [2.24, 2.45) is 0 Å². The number of carboxylic acids is 1. The number of aliphatic carboxylic acids is 1. The Morgan fingerprint density at radius 3 is 1.85 bits per heavy atom. The predicted molar refractivity (Wildman–Crippen MR) is 191 cm³/mol. The molecule has 48 heavy (non-hydrogen) atoms. The van der Waals surface area contributed by atoms with Crippen LogP contribution in [0.2, 0.25) is 0 Å². The number of fused-ring (bicyclic) bond motifs is 3. The van der Waals surface area contributed by atoms with Gasteiger partial charge in [-0.2, -0.15) is 0 Å². The number of aromatic nitrogens is 2. The summed E-state index contributed by atoms with van der Waals surface area (Å²) in [6.07, 6.45) is 23.6. The number of imidazole rings is 1. The van der Waals surface area contributed by atoms with Gasteiger partial charge in [0.05, 0.1) is 25.1 Å². The zero-order chi connectivity index (χ0) is 34.0. The first kappa shape index (κ1) is 37.2. The third-order valence-electron chi connectivity index (χ3n) is 9.83. The molecule has 1 atom stereocenters. The van der Waals surface area contributed by atoms with Crippen LogP contribution in [0.15, 0.2) is 61.1 Å². The molecule has 0 radical (unpaired) electrons. The van der Waals surface area contributed by atoms with Crippen molar-refractivity contribution in [1.29, 1.82) is 0 Å². The fraction of sp³-hybridized carbons (Fsp3) is 0.585. The quantitative estimate of drug-likeness (QED) is 0.0776. The van der Waals surface area contributed by atoms with Crippen molar-refractivity contribution >= 4 is 12.1 Å². The van der Waals surface area contributed by atoms with Gasteiger partial charge in [-0.15, -0.1) is 0 Å². The van der Waals surface area contributed by atoms with Gasteiger partial charge in [0.25, 0.3) is 0 Å². The molecule has 2 aromatic carbocycles. The lowest BCUT2D eigenvalue weighted by Crippen LogP contribution is -2.49. The summed E-state index contributed by atoms with van der Waals surface area (Å²) in [7, 11) is 0. The summed E-state index contributed by atoms with van der Waals surface area (Å²) >= 11 is 0. The lowest BCUT2D eigenvalue weighted by atomic mass is 9.98. The largest absolute Gasteiger partial charge is 0.548 e. The average Bonchev–Trinajstić information content (AvgIpc) is 3.63. The second-order valence-electron chi connectivity index (χ2n) is 13.7. The van der Waals surface area contributed by atoms with Gasteiger partial charge in [-0.25, -0.2) is 13.9 Å². The summed E-state index contributed by atoms with van der Waals surface area (Å²) in [6, 6.07) is 15.1. The Bertz CT molecular complexity index is 1350. The summed E-state index contributed by atoms with van der Waals surface area (Å²) in [5.41, 5.74) is 5.41. The minimum absolute atomic E-state index is 0.0938. The van der Waals surface area contributed by atoms with Gasteiger partial charge in [-0.3, -0.25) is 0 Å². The van der Waals surface area contributed by atoms with Crippen LogP contribution in [0.25, 0.3) is 11.1 Å². The molecule has 1 aromatic heterocycles. The van der Waals surface area contributed by atoms with Crippen LogP contribution >= 0.6 is 0 Å². The van der Waals surface area contributed by atoms with E-state index in [0.29, 0.717) is 0 Å². The van der Waals surface area contributed by atoms with Gasteiger partial charge in [-0.05, 0) is 47.9 Å². The maximum atomic E-state index is 13.0. The molecule has 0 fully saturated rings. The molecule has 1 heterocycles. The van der Waals surface area contributed by atoms with Gasteiger partial charge in [0.1, 0.15) is 18.5 Å². The van der Waals surface area contributed by atoms with E-state index in [1.54, 1.807) is 0 Å². The van der Waals surface area contributed by atoms with E-state index >= 15 is 0 Å². The summed E-state index contributed by atoms with van der Waals surface area (Å²) < 4.78 is 10.0. The second-order valence-corrected chi connectivity index (χ2v) is 13.7. The Kier molecular flexibility index (Phi) is 16.0. The molecule has 0 unspecified atom stereocenters. The van der Waals surface area contributed by atoms with Gasteiger partial charge < -0.3 is 20.0 Å². The lowest BCUT2D eigenvalue weighted by molar-refractivity contribution is -0.697. The Morgan fingerprint density at radius 1 is 0.771 bits per heavy atom. The lowest BCUT2D eigenvalue weighted by Gasteiger charge is -2.20. The van der Waals surface area contributed by atoms with E-state index < -0.39 is 18.1 Å². The van der Waals surface area contributed by atoms with Crippen LogP contribution in [0.5, 0.6) is 0 Å². The van der Waals surface area contributed by atoms with E-state index in [0.717, 1.165) is 60.3 Å². The smallest absolute Gasteiger partial charge is 0.407 e. The number of hydrogen-bond acceptors (Lipinski definition) is 4. The molecular formula is C41H59N3O4. The predicted octanol–water partition coefficient (Wildman–Crippen LogP) is 8.26. The number of nitrogens with one attached hydrogen (secondary N) is 1. The number of ether oxygens (including phenoxy) is 1. The normalized spacial score (nSPS) is 12.9. The molecule has 4 rings (SSSR count). The highest BCUT2D eigenvalue weighted by Gasteiger charge is 2.29. The van der Waals surface area contributed by atoms with E-state index in [2.05, 4.69) is 65.1 Å². The number of carboxylic acid groups (broad SMARTS) is 1. The average molecular weight is 658 g/mol. The number of hydrogen-bond donors (Lipinski definition) is 1. The van der Waals surface area contributed by atoms with E-state index in [4.69, 9.17) is 4.74 Å². The first-order chi connectivity index (χ1) is 23.5. The Balaban J connectivity index is 1.33. The fourth-order valence-corrected chi connectivity index (χ4v) is 7.07. The number of carbonyl (C=O) groups excluding carboxylic acids is 2. The molecule has 0 bridgehead atoms. The molecular weight excluding hydrogens is 598 g/mol. The van der Waals surface area contributed by atoms with E-state index in [9.17, 15) is 14.7 Å². The van der Waals surface area contributed by atoms with Crippen LogP contribution in [0.3, 0.4) is 0 Å². The number of amides is 1. The number of unbranched alkanes of at least 4 members (excludes halogenated alkanes) is 14. The molecule has 0 saturated heterocycles. The fourth-order valence-electron chi connectivity index (χ4n) is 7.07. The van der Waals surface area contributed by atoms with Crippen molar-refractivity contribution in [2.75, 3.05) is 6.61 Å². The molecule has 0 spiro atoms.